The highest BCUT2D eigenvalue weighted by Crippen LogP contribution is 2.17. The number of carbonyl (C=O) groups excluding carboxylic acids is 1. The molecule has 1 aromatic heterocycles. The molecule has 0 saturated carbocycles. The minimum absolute atomic E-state index is 0.00667. The summed E-state index contributed by atoms with van der Waals surface area (Å²) in [7, 11) is 0. The Kier molecular flexibility index (Phi) is 2.81. The van der Waals surface area contributed by atoms with Crippen molar-refractivity contribution in [3.63, 3.8) is 0 Å². The molecule has 2 rings (SSSR count). The maximum absolute atomic E-state index is 12.0. The van der Waals surface area contributed by atoms with E-state index in [1.807, 2.05) is 19.1 Å². The third-order valence-corrected chi connectivity index (χ3v) is 2.45. The van der Waals surface area contributed by atoms with Crippen LogP contribution in [0.1, 0.15) is 28.9 Å². The summed E-state index contributed by atoms with van der Waals surface area (Å²) < 4.78 is 5.15. The van der Waals surface area contributed by atoms with E-state index < -0.39 is 0 Å². The molecule has 15 heavy (non-hydrogen) atoms. The number of carbonyl (C=O) groups is 1. The topological polar surface area (TPSA) is 39.2 Å². The van der Waals surface area contributed by atoms with Crippen molar-refractivity contribution in [2.45, 2.75) is 19.8 Å². The highest BCUT2D eigenvalue weighted by atomic mass is 16.5. The Morgan fingerprint density at radius 1 is 1.53 bits per heavy atom. The van der Waals surface area contributed by atoms with Crippen LogP contribution >= 0.6 is 0 Å². The third-order valence-electron chi connectivity index (χ3n) is 2.45. The Hall–Kier alpha value is -1.64. The SMILES string of the molecule is Cc1cccnc1C(=O)C1=COCCC1. The largest absolute Gasteiger partial charge is 0.501 e. The normalized spacial score (nSPS) is 15.4. The van der Waals surface area contributed by atoms with E-state index >= 15 is 0 Å². The van der Waals surface area contributed by atoms with E-state index in [0.29, 0.717) is 12.3 Å². The number of aryl methyl sites for hydroxylation is 1. The summed E-state index contributed by atoms with van der Waals surface area (Å²) in [6.07, 6.45) is 4.91. The van der Waals surface area contributed by atoms with Crippen LogP contribution < -0.4 is 0 Å². The van der Waals surface area contributed by atoms with Gasteiger partial charge >= 0.3 is 0 Å². The van der Waals surface area contributed by atoms with Crippen LogP contribution in [0.25, 0.3) is 0 Å². The van der Waals surface area contributed by atoms with Crippen LogP contribution in [0.2, 0.25) is 0 Å². The molecule has 2 heterocycles. The van der Waals surface area contributed by atoms with Crippen molar-refractivity contribution in [1.29, 1.82) is 0 Å². The number of Topliss-reactive ketones (excluding diaryl/α,β-unsaturated/α-hetero) is 1. The molecule has 0 saturated heterocycles. The Bertz CT molecular complexity index is 410. The van der Waals surface area contributed by atoms with Gasteiger partial charge in [-0.25, -0.2) is 0 Å². The van der Waals surface area contributed by atoms with Crippen LogP contribution in [0.3, 0.4) is 0 Å². The molecule has 3 heteroatoms. The number of nitrogens with zero attached hydrogens (tertiary/aromatic N) is 1. The molecule has 0 spiro atoms. The number of ether oxygens (including phenoxy) is 1. The molecule has 0 radical (unpaired) electrons. The zero-order valence-electron chi connectivity index (χ0n) is 8.69. The molecule has 78 valence electrons. The smallest absolute Gasteiger partial charge is 0.210 e. The molecule has 0 unspecified atom stereocenters. The van der Waals surface area contributed by atoms with Gasteiger partial charge in [-0.1, -0.05) is 6.07 Å². The lowest BCUT2D eigenvalue weighted by molar-refractivity contribution is 0.100. The van der Waals surface area contributed by atoms with E-state index in [9.17, 15) is 4.79 Å². The fourth-order valence-electron chi connectivity index (χ4n) is 1.61. The minimum atomic E-state index is -0.00667. The van der Waals surface area contributed by atoms with E-state index in [0.717, 1.165) is 24.0 Å². The second-order valence-corrected chi connectivity index (χ2v) is 3.62. The number of pyridine rings is 1. The molecule has 1 aliphatic heterocycles. The summed E-state index contributed by atoms with van der Waals surface area (Å²) in [5.41, 5.74) is 2.17. The lowest BCUT2D eigenvalue weighted by atomic mass is 10.0. The minimum Gasteiger partial charge on any atom is -0.501 e. The van der Waals surface area contributed by atoms with Gasteiger partial charge in [-0.05, 0) is 31.4 Å². The van der Waals surface area contributed by atoms with Crippen LogP contribution in [0.5, 0.6) is 0 Å². The maximum atomic E-state index is 12.0. The molecule has 1 aliphatic rings. The average Bonchev–Trinajstić information content (AvgIpc) is 2.30. The predicted molar refractivity (Wildman–Crippen MR) is 56.6 cm³/mol. The van der Waals surface area contributed by atoms with Gasteiger partial charge in [0.05, 0.1) is 12.9 Å². The predicted octanol–water partition coefficient (Wildman–Crippen LogP) is 2.27. The van der Waals surface area contributed by atoms with E-state index in [4.69, 9.17) is 4.74 Å². The summed E-state index contributed by atoms with van der Waals surface area (Å²) in [6, 6.07) is 3.72. The lowest BCUT2D eigenvalue weighted by Gasteiger charge is -2.12. The number of allylic oxidation sites excluding steroid dienone is 1. The third kappa shape index (κ3) is 2.06. The van der Waals surface area contributed by atoms with Crippen molar-refractivity contribution in [3.8, 4) is 0 Å². The van der Waals surface area contributed by atoms with Crippen molar-refractivity contribution in [1.82, 2.24) is 4.98 Å². The number of hydrogen-bond donors (Lipinski definition) is 0. The lowest BCUT2D eigenvalue weighted by Crippen LogP contribution is -2.12. The summed E-state index contributed by atoms with van der Waals surface area (Å²) in [6.45, 7) is 2.60. The van der Waals surface area contributed by atoms with Gasteiger partial charge in [0.25, 0.3) is 0 Å². The molecular weight excluding hydrogens is 190 g/mol. The molecule has 0 N–H and O–H groups in total. The first kappa shape index (κ1) is 9.90. The molecule has 0 amide bonds. The molecule has 0 atom stereocenters. The first-order valence-electron chi connectivity index (χ1n) is 5.06. The standard InChI is InChI=1S/C12H13NO2/c1-9-4-2-6-13-11(9)12(14)10-5-3-7-15-8-10/h2,4,6,8H,3,5,7H2,1H3. The first-order chi connectivity index (χ1) is 7.29. The highest BCUT2D eigenvalue weighted by Gasteiger charge is 2.17. The molecule has 0 bridgehead atoms. The molecule has 0 aromatic carbocycles. The van der Waals surface area contributed by atoms with Crippen molar-refractivity contribution in [3.05, 3.63) is 41.4 Å². The van der Waals surface area contributed by atoms with Crippen LogP contribution in [0.4, 0.5) is 0 Å². The monoisotopic (exact) mass is 203 g/mol. The first-order valence-corrected chi connectivity index (χ1v) is 5.06. The Morgan fingerprint density at radius 3 is 3.07 bits per heavy atom. The second kappa shape index (κ2) is 4.26. The fourth-order valence-corrected chi connectivity index (χ4v) is 1.61. The zero-order valence-corrected chi connectivity index (χ0v) is 8.69. The molecule has 1 aromatic rings. The van der Waals surface area contributed by atoms with Crippen LogP contribution in [0, 0.1) is 6.92 Å². The Labute approximate surface area is 88.8 Å². The molecule has 0 aliphatic carbocycles. The quantitative estimate of drug-likeness (QED) is 0.692. The molecule has 0 fully saturated rings. The Balaban J connectivity index is 2.28. The van der Waals surface area contributed by atoms with Gasteiger partial charge < -0.3 is 4.74 Å². The van der Waals surface area contributed by atoms with Crippen LogP contribution in [0.15, 0.2) is 30.2 Å². The van der Waals surface area contributed by atoms with Gasteiger partial charge in [0.2, 0.25) is 5.78 Å². The fraction of sp³-hybridized carbons (Fsp3) is 0.333. The van der Waals surface area contributed by atoms with Crippen LogP contribution in [-0.4, -0.2) is 17.4 Å². The van der Waals surface area contributed by atoms with Gasteiger partial charge in [-0.3, -0.25) is 9.78 Å². The average molecular weight is 203 g/mol. The summed E-state index contributed by atoms with van der Waals surface area (Å²) in [5.74, 6) is -0.00667. The maximum Gasteiger partial charge on any atom is 0.210 e. The van der Waals surface area contributed by atoms with Gasteiger partial charge in [-0.15, -0.1) is 0 Å². The van der Waals surface area contributed by atoms with Gasteiger partial charge in [0.15, 0.2) is 0 Å². The molecular formula is C12H13NO2. The second-order valence-electron chi connectivity index (χ2n) is 3.62. The van der Waals surface area contributed by atoms with Gasteiger partial charge in [-0.2, -0.15) is 0 Å². The summed E-state index contributed by atoms with van der Waals surface area (Å²) in [5, 5.41) is 0. The highest BCUT2D eigenvalue weighted by molar-refractivity contribution is 6.08. The Morgan fingerprint density at radius 2 is 2.40 bits per heavy atom. The number of rotatable bonds is 2. The van der Waals surface area contributed by atoms with Crippen molar-refractivity contribution in [2.24, 2.45) is 0 Å². The van der Waals surface area contributed by atoms with E-state index in [1.54, 1.807) is 12.5 Å². The van der Waals surface area contributed by atoms with E-state index in [2.05, 4.69) is 4.98 Å². The van der Waals surface area contributed by atoms with Crippen molar-refractivity contribution >= 4 is 5.78 Å². The summed E-state index contributed by atoms with van der Waals surface area (Å²) in [4.78, 5) is 16.1. The number of hydrogen-bond acceptors (Lipinski definition) is 3. The number of aromatic nitrogens is 1. The number of ketones is 1. The van der Waals surface area contributed by atoms with Gasteiger partial charge in [0.1, 0.15) is 5.69 Å². The van der Waals surface area contributed by atoms with E-state index in [-0.39, 0.29) is 5.78 Å². The summed E-state index contributed by atoms with van der Waals surface area (Å²) >= 11 is 0. The van der Waals surface area contributed by atoms with Crippen molar-refractivity contribution in [2.75, 3.05) is 6.61 Å². The van der Waals surface area contributed by atoms with Crippen molar-refractivity contribution < 1.29 is 9.53 Å². The molecule has 3 nitrogen and oxygen atoms in total. The van der Waals surface area contributed by atoms with Crippen LogP contribution in [-0.2, 0) is 4.74 Å². The van der Waals surface area contributed by atoms with Gasteiger partial charge in [0, 0.05) is 11.8 Å². The van der Waals surface area contributed by atoms with E-state index in [1.165, 1.54) is 0 Å². The zero-order chi connectivity index (χ0) is 10.7.